The monoisotopic (exact) mass is 1270 g/mol. The average Bonchev–Trinajstić information content (AvgIpc) is 3.56. The first kappa shape index (κ1) is 85.9. The Bertz CT molecular complexity index is 2030. The predicted molar refractivity (Wildman–Crippen MR) is 387 cm³/mol. The summed E-state index contributed by atoms with van der Waals surface area (Å²) >= 11 is 0. The number of rotatable bonds is 66. The van der Waals surface area contributed by atoms with Gasteiger partial charge in [0.2, 0.25) is 0 Å². The van der Waals surface area contributed by atoms with Gasteiger partial charge >= 0.3 is 11.9 Å². The maximum absolute atomic E-state index is 12.9. The highest BCUT2D eigenvalue weighted by molar-refractivity contribution is 7.45. The molecular formula is C80H136NO8P. The quantitative estimate of drug-likeness (QED) is 0.0195. The van der Waals surface area contributed by atoms with Crippen LogP contribution < -0.4 is 4.89 Å². The van der Waals surface area contributed by atoms with E-state index in [1.54, 1.807) is 0 Å². The van der Waals surface area contributed by atoms with Gasteiger partial charge in [-0.1, -0.05) is 314 Å². The number of nitrogens with zero attached hydrogens (tertiary/aromatic N) is 1. The Morgan fingerprint density at radius 2 is 0.600 bits per heavy atom. The van der Waals surface area contributed by atoms with E-state index in [1.807, 2.05) is 21.1 Å². The van der Waals surface area contributed by atoms with Gasteiger partial charge in [0.15, 0.2) is 6.10 Å². The van der Waals surface area contributed by atoms with Gasteiger partial charge in [0.1, 0.15) is 19.8 Å². The van der Waals surface area contributed by atoms with Crippen LogP contribution in [0.4, 0.5) is 0 Å². The van der Waals surface area contributed by atoms with Gasteiger partial charge in [0.05, 0.1) is 27.7 Å². The van der Waals surface area contributed by atoms with E-state index in [9.17, 15) is 19.0 Å². The zero-order chi connectivity index (χ0) is 65.5. The highest BCUT2D eigenvalue weighted by atomic mass is 31.2. The fourth-order valence-corrected chi connectivity index (χ4v) is 10.6. The number of unbranched alkanes of at least 4 members (excludes halogenated alkanes) is 28. The van der Waals surface area contributed by atoms with Crippen molar-refractivity contribution in [3.63, 3.8) is 0 Å². The van der Waals surface area contributed by atoms with Crippen LogP contribution >= 0.6 is 7.82 Å². The molecule has 2 atom stereocenters. The van der Waals surface area contributed by atoms with Crippen molar-refractivity contribution in [3.05, 3.63) is 146 Å². The molecule has 0 rings (SSSR count). The molecule has 0 saturated carbocycles. The first-order valence-corrected chi connectivity index (χ1v) is 38.0. The molecule has 0 saturated heterocycles. The van der Waals surface area contributed by atoms with Crippen molar-refractivity contribution in [1.82, 2.24) is 0 Å². The summed E-state index contributed by atoms with van der Waals surface area (Å²) < 4.78 is 34.4. The maximum Gasteiger partial charge on any atom is 0.306 e. The summed E-state index contributed by atoms with van der Waals surface area (Å²) in [6, 6.07) is 0. The molecule has 0 aromatic carbocycles. The number of allylic oxidation sites excluding steroid dienone is 24. The molecule has 2 unspecified atom stereocenters. The van der Waals surface area contributed by atoms with Gasteiger partial charge < -0.3 is 27.9 Å². The molecule has 0 aliphatic heterocycles. The molecule has 0 fully saturated rings. The number of phosphoric ester groups is 1. The fourth-order valence-electron chi connectivity index (χ4n) is 9.84. The lowest BCUT2D eigenvalue weighted by atomic mass is 10.0. The van der Waals surface area contributed by atoms with Crippen molar-refractivity contribution in [2.24, 2.45) is 0 Å². The smallest absolute Gasteiger partial charge is 0.306 e. The van der Waals surface area contributed by atoms with E-state index in [4.69, 9.17) is 18.5 Å². The lowest BCUT2D eigenvalue weighted by molar-refractivity contribution is -0.870. The van der Waals surface area contributed by atoms with Crippen LogP contribution in [0.2, 0.25) is 0 Å². The molecule has 0 spiro atoms. The van der Waals surface area contributed by atoms with Gasteiger partial charge in [-0.05, 0) is 116 Å². The Labute approximate surface area is 554 Å². The molecule has 0 bridgehead atoms. The fraction of sp³-hybridized carbons (Fsp3) is 0.675. The van der Waals surface area contributed by atoms with E-state index in [0.29, 0.717) is 17.4 Å². The molecule has 10 heteroatoms. The zero-order valence-corrected chi connectivity index (χ0v) is 59.4. The average molecular weight is 1270 g/mol. The number of hydrogen-bond donors (Lipinski definition) is 0. The molecule has 0 aromatic heterocycles. The third-order valence-electron chi connectivity index (χ3n) is 15.4. The van der Waals surface area contributed by atoms with Crippen LogP contribution in [0.1, 0.15) is 296 Å². The molecular weight excluding hydrogens is 1130 g/mol. The molecule has 0 aliphatic rings. The summed E-state index contributed by atoms with van der Waals surface area (Å²) in [5.74, 6) is -0.834. The molecule has 0 N–H and O–H groups in total. The van der Waals surface area contributed by atoms with E-state index >= 15 is 0 Å². The predicted octanol–water partition coefficient (Wildman–Crippen LogP) is 23.5. The third-order valence-corrected chi connectivity index (χ3v) is 16.3. The van der Waals surface area contributed by atoms with Crippen molar-refractivity contribution in [2.75, 3.05) is 47.5 Å². The van der Waals surface area contributed by atoms with Crippen LogP contribution in [0.15, 0.2) is 146 Å². The Balaban J connectivity index is 4.05. The Morgan fingerprint density at radius 1 is 0.344 bits per heavy atom. The summed E-state index contributed by atoms with van der Waals surface area (Å²) in [6.07, 6.45) is 102. The molecule has 90 heavy (non-hydrogen) atoms. The highest BCUT2D eigenvalue weighted by Crippen LogP contribution is 2.38. The summed E-state index contributed by atoms with van der Waals surface area (Å²) in [5, 5.41) is 0. The van der Waals surface area contributed by atoms with E-state index in [2.05, 4.69) is 160 Å². The van der Waals surface area contributed by atoms with Crippen molar-refractivity contribution >= 4 is 19.8 Å². The van der Waals surface area contributed by atoms with Gasteiger partial charge in [0, 0.05) is 12.8 Å². The normalized spacial score (nSPS) is 14.0. The summed E-state index contributed by atoms with van der Waals surface area (Å²) in [5.41, 5.74) is 0. The van der Waals surface area contributed by atoms with Gasteiger partial charge in [0.25, 0.3) is 7.82 Å². The minimum atomic E-state index is -4.65. The Kier molecular flexibility index (Phi) is 66.1. The second-order valence-corrected chi connectivity index (χ2v) is 26.6. The minimum absolute atomic E-state index is 0.0361. The minimum Gasteiger partial charge on any atom is -0.756 e. The molecule has 0 heterocycles. The topological polar surface area (TPSA) is 111 Å². The molecule has 9 nitrogen and oxygen atoms in total. The number of likely N-dealkylation sites (N-methyl/N-ethyl adjacent to an activating group) is 1. The van der Waals surface area contributed by atoms with Crippen LogP contribution in [-0.2, 0) is 32.7 Å². The maximum atomic E-state index is 12.9. The lowest BCUT2D eigenvalue weighted by Gasteiger charge is -2.28. The molecule has 0 radical (unpaired) electrons. The van der Waals surface area contributed by atoms with Crippen LogP contribution in [0, 0.1) is 0 Å². The van der Waals surface area contributed by atoms with Crippen LogP contribution in [0.25, 0.3) is 0 Å². The van der Waals surface area contributed by atoms with Crippen molar-refractivity contribution in [2.45, 2.75) is 302 Å². The molecule has 514 valence electrons. The van der Waals surface area contributed by atoms with Gasteiger partial charge in [-0.15, -0.1) is 0 Å². The number of esters is 2. The van der Waals surface area contributed by atoms with Crippen LogP contribution in [-0.4, -0.2) is 70.0 Å². The molecule has 0 amide bonds. The van der Waals surface area contributed by atoms with Crippen molar-refractivity contribution in [1.29, 1.82) is 0 Å². The number of phosphoric acid groups is 1. The van der Waals surface area contributed by atoms with Gasteiger partial charge in [-0.25, -0.2) is 0 Å². The molecule has 0 aromatic rings. The first-order valence-electron chi connectivity index (χ1n) is 36.5. The van der Waals surface area contributed by atoms with E-state index < -0.39 is 26.5 Å². The van der Waals surface area contributed by atoms with Gasteiger partial charge in [-0.2, -0.15) is 0 Å². The number of carbonyl (C=O) groups excluding carboxylic acids is 2. The second-order valence-electron chi connectivity index (χ2n) is 25.2. The summed E-state index contributed by atoms with van der Waals surface area (Å²) in [7, 11) is 1.16. The van der Waals surface area contributed by atoms with E-state index in [1.165, 1.54) is 148 Å². The second kappa shape index (κ2) is 69.2. The van der Waals surface area contributed by atoms with Gasteiger partial charge in [-0.3, -0.25) is 14.2 Å². The standard InChI is InChI=1S/C80H136NO8P/c1-6-8-10-12-14-16-18-20-22-24-26-28-30-32-34-36-38-40-42-44-46-48-50-52-54-56-58-60-62-64-66-68-70-72-79(82)86-76-78(77-88-90(84,85)87-75-74-81(3,4)5)89-80(83)73-71-69-67-65-63-61-59-57-55-53-51-49-47-45-43-41-39-37-35-33-31-29-27-25-23-21-19-17-15-13-11-9-7-2/h8-11,14-17,20-23,26-29,32-35,38-41,78H,6-7,12-13,18-19,24-25,30-31,36-37,42-77H2,1-5H3/b10-8-,11-9-,16-14-,17-15-,22-20-,23-21-,28-26-,29-27-,34-32-,35-33-,40-38-,41-39-. The number of carbonyl (C=O) groups is 2. The van der Waals surface area contributed by atoms with E-state index in [-0.39, 0.29) is 32.0 Å². The Hall–Kier alpha value is -4.11. The number of quaternary nitrogens is 1. The van der Waals surface area contributed by atoms with Crippen molar-refractivity contribution in [3.8, 4) is 0 Å². The summed E-state index contributed by atoms with van der Waals surface area (Å²) in [4.78, 5) is 38.1. The number of ether oxygens (including phenoxy) is 2. The third kappa shape index (κ3) is 72.9. The summed E-state index contributed by atoms with van der Waals surface area (Å²) in [6.45, 7) is 4.02. The lowest BCUT2D eigenvalue weighted by Crippen LogP contribution is -2.37. The molecule has 0 aliphatic carbocycles. The van der Waals surface area contributed by atoms with Crippen molar-refractivity contribution < 1.29 is 42.1 Å². The van der Waals surface area contributed by atoms with Crippen LogP contribution in [0.3, 0.4) is 0 Å². The highest BCUT2D eigenvalue weighted by Gasteiger charge is 2.22. The SMILES string of the molecule is CC/C=C\C/C=C\C/C=C\C/C=C\C/C=C\C/C=C\CCCCCCCCCCCCCCCCC(=O)OCC(COP(=O)([O-])OCC[N+](C)(C)C)OC(=O)CCCCCCCCCCCCCCCC/C=C\C/C=C\C/C=C\C/C=C\C/C=C\C/C=C\CC. The first-order chi connectivity index (χ1) is 44.0. The van der Waals surface area contributed by atoms with Crippen LogP contribution in [0.5, 0.6) is 0 Å². The number of hydrogen-bond acceptors (Lipinski definition) is 8. The largest absolute Gasteiger partial charge is 0.756 e. The van der Waals surface area contributed by atoms with E-state index in [0.717, 1.165) is 116 Å². The zero-order valence-electron chi connectivity index (χ0n) is 58.5. The Morgan fingerprint density at radius 3 is 0.889 bits per heavy atom.